The van der Waals surface area contributed by atoms with E-state index < -0.39 is 11.9 Å². The Kier molecular flexibility index (Phi) is 10.2. The Balaban J connectivity index is 1.88. The summed E-state index contributed by atoms with van der Waals surface area (Å²) in [5.41, 5.74) is 4.43. The number of carbonyl (C=O) groups excluding carboxylic acids is 2. The van der Waals surface area contributed by atoms with Gasteiger partial charge in [0, 0.05) is 6.42 Å². The molecule has 200 valence electrons. The first kappa shape index (κ1) is 28.6. The van der Waals surface area contributed by atoms with Gasteiger partial charge < -0.3 is 14.6 Å². The molecule has 6 nitrogen and oxygen atoms in total. The zero-order valence-electron chi connectivity index (χ0n) is 22.6. The molecular formula is C32H36O6. The smallest absolute Gasteiger partial charge is 0.343 e. The van der Waals surface area contributed by atoms with Gasteiger partial charge in [-0.25, -0.2) is 9.59 Å². The molecule has 3 aromatic carbocycles. The largest absolute Gasteiger partial charge is 0.478 e. The summed E-state index contributed by atoms with van der Waals surface area (Å²) in [6.07, 6.45) is 4.77. The van der Waals surface area contributed by atoms with E-state index in [1.54, 1.807) is 36.4 Å². The summed E-state index contributed by atoms with van der Waals surface area (Å²) in [4.78, 5) is 36.2. The molecule has 0 aliphatic heterocycles. The van der Waals surface area contributed by atoms with Crippen LogP contribution in [0.25, 0.3) is 11.1 Å². The SMILES string of the molecule is CCCC[C@@H](C)c1cc(OC(=O)c2ccc(OC(=O)CCC)cc2)ccc1-c1ccc(C(=O)O)c(CC)c1. The van der Waals surface area contributed by atoms with E-state index in [0.29, 0.717) is 41.9 Å². The van der Waals surface area contributed by atoms with E-state index in [1.807, 2.05) is 38.1 Å². The van der Waals surface area contributed by atoms with Gasteiger partial charge in [0.25, 0.3) is 0 Å². The molecule has 0 spiro atoms. The molecule has 0 fully saturated rings. The van der Waals surface area contributed by atoms with Crippen LogP contribution in [0.15, 0.2) is 60.7 Å². The van der Waals surface area contributed by atoms with E-state index in [9.17, 15) is 19.5 Å². The Morgan fingerprint density at radius 2 is 1.55 bits per heavy atom. The van der Waals surface area contributed by atoms with E-state index in [0.717, 1.165) is 41.5 Å². The second-order valence-electron chi connectivity index (χ2n) is 9.46. The molecule has 1 N–H and O–H groups in total. The third kappa shape index (κ3) is 7.31. The van der Waals surface area contributed by atoms with E-state index in [2.05, 4.69) is 13.8 Å². The highest BCUT2D eigenvalue weighted by molar-refractivity contribution is 5.92. The van der Waals surface area contributed by atoms with Crippen LogP contribution in [-0.2, 0) is 11.2 Å². The van der Waals surface area contributed by atoms with Crippen molar-refractivity contribution in [3.63, 3.8) is 0 Å². The second kappa shape index (κ2) is 13.6. The number of benzene rings is 3. The molecule has 0 unspecified atom stereocenters. The first-order valence-corrected chi connectivity index (χ1v) is 13.3. The monoisotopic (exact) mass is 516 g/mol. The summed E-state index contributed by atoms with van der Waals surface area (Å²) in [6.45, 7) is 8.16. The first-order chi connectivity index (χ1) is 18.3. The molecule has 3 aromatic rings. The lowest BCUT2D eigenvalue weighted by atomic mass is 9.87. The molecule has 6 heteroatoms. The van der Waals surface area contributed by atoms with E-state index >= 15 is 0 Å². The van der Waals surface area contributed by atoms with Gasteiger partial charge in [0.1, 0.15) is 11.5 Å². The Bertz CT molecular complexity index is 1280. The van der Waals surface area contributed by atoms with Gasteiger partial charge in [-0.2, -0.15) is 0 Å². The minimum absolute atomic E-state index is 0.213. The fraction of sp³-hybridized carbons (Fsp3) is 0.344. The Hall–Kier alpha value is -3.93. The van der Waals surface area contributed by atoms with Crippen LogP contribution in [0.3, 0.4) is 0 Å². The van der Waals surface area contributed by atoms with Crippen LogP contribution in [0.1, 0.15) is 97.6 Å². The van der Waals surface area contributed by atoms with Crippen molar-refractivity contribution in [1.29, 1.82) is 0 Å². The minimum Gasteiger partial charge on any atom is -0.478 e. The lowest BCUT2D eigenvalue weighted by Gasteiger charge is -2.19. The van der Waals surface area contributed by atoms with Gasteiger partial charge in [0.2, 0.25) is 0 Å². The third-order valence-corrected chi connectivity index (χ3v) is 6.56. The molecule has 0 amide bonds. The summed E-state index contributed by atoms with van der Waals surface area (Å²) < 4.78 is 11.0. The van der Waals surface area contributed by atoms with Crippen molar-refractivity contribution < 1.29 is 29.0 Å². The van der Waals surface area contributed by atoms with Crippen LogP contribution in [0, 0.1) is 0 Å². The minimum atomic E-state index is -0.931. The molecular weight excluding hydrogens is 480 g/mol. The van der Waals surface area contributed by atoms with Crippen LogP contribution in [0.5, 0.6) is 11.5 Å². The normalized spacial score (nSPS) is 11.6. The van der Waals surface area contributed by atoms with Crippen molar-refractivity contribution in [2.24, 2.45) is 0 Å². The highest BCUT2D eigenvalue weighted by Gasteiger charge is 2.18. The standard InChI is InChI=1S/C32H36O6/c1-5-8-10-21(4)29-20-26(16-18-27(29)24-13-17-28(31(34)35)22(7-3)19-24)38-32(36)23-11-14-25(15-12-23)37-30(33)9-6-2/h11-21H,5-10H2,1-4H3,(H,34,35)/t21-/m1/s1. The molecule has 0 aromatic heterocycles. The number of carbonyl (C=O) groups is 3. The fourth-order valence-corrected chi connectivity index (χ4v) is 4.41. The molecule has 0 heterocycles. The highest BCUT2D eigenvalue weighted by Crippen LogP contribution is 2.36. The summed E-state index contributed by atoms with van der Waals surface area (Å²) in [5, 5.41) is 9.52. The number of carboxylic acid groups (broad SMARTS) is 1. The van der Waals surface area contributed by atoms with Crippen LogP contribution < -0.4 is 9.47 Å². The lowest BCUT2D eigenvalue weighted by molar-refractivity contribution is -0.134. The van der Waals surface area contributed by atoms with Crippen molar-refractivity contribution in [1.82, 2.24) is 0 Å². The number of hydrogen-bond acceptors (Lipinski definition) is 5. The number of carboxylic acids is 1. The zero-order valence-corrected chi connectivity index (χ0v) is 22.6. The molecule has 38 heavy (non-hydrogen) atoms. The topological polar surface area (TPSA) is 89.9 Å². The molecule has 3 rings (SSSR count). The number of hydrogen-bond donors (Lipinski definition) is 1. The third-order valence-electron chi connectivity index (χ3n) is 6.56. The fourth-order valence-electron chi connectivity index (χ4n) is 4.41. The quantitative estimate of drug-likeness (QED) is 0.195. The maximum atomic E-state index is 12.9. The molecule has 0 saturated heterocycles. The van der Waals surface area contributed by atoms with Crippen LogP contribution in [0.4, 0.5) is 0 Å². The lowest BCUT2D eigenvalue weighted by Crippen LogP contribution is -2.10. The van der Waals surface area contributed by atoms with E-state index in [1.165, 1.54) is 0 Å². The Morgan fingerprint density at radius 3 is 2.18 bits per heavy atom. The van der Waals surface area contributed by atoms with Gasteiger partial charge >= 0.3 is 17.9 Å². The van der Waals surface area contributed by atoms with Gasteiger partial charge in [-0.3, -0.25) is 4.79 Å². The van der Waals surface area contributed by atoms with Crippen LogP contribution in [0.2, 0.25) is 0 Å². The molecule has 0 bridgehead atoms. The molecule has 0 saturated carbocycles. The van der Waals surface area contributed by atoms with Gasteiger partial charge in [0.15, 0.2) is 0 Å². The predicted octanol–water partition coefficient (Wildman–Crippen LogP) is 7.83. The van der Waals surface area contributed by atoms with Crippen molar-refractivity contribution in [2.45, 2.75) is 72.1 Å². The second-order valence-corrected chi connectivity index (χ2v) is 9.46. The van der Waals surface area contributed by atoms with Gasteiger partial charge in [-0.15, -0.1) is 0 Å². The molecule has 0 aliphatic carbocycles. The molecule has 0 radical (unpaired) electrons. The van der Waals surface area contributed by atoms with E-state index in [4.69, 9.17) is 9.47 Å². The Labute approximate surface area is 224 Å². The number of aromatic carboxylic acids is 1. The van der Waals surface area contributed by atoms with Crippen molar-refractivity contribution in [3.8, 4) is 22.6 Å². The zero-order chi connectivity index (χ0) is 27.7. The van der Waals surface area contributed by atoms with Crippen molar-refractivity contribution in [2.75, 3.05) is 0 Å². The summed E-state index contributed by atoms with van der Waals surface area (Å²) in [7, 11) is 0. The average Bonchev–Trinajstić information content (AvgIpc) is 2.91. The highest BCUT2D eigenvalue weighted by atomic mass is 16.5. The summed E-state index contributed by atoms with van der Waals surface area (Å²) in [6, 6.07) is 17.4. The van der Waals surface area contributed by atoms with Gasteiger partial charge in [0.05, 0.1) is 11.1 Å². The van der Waals surface area contributed by atoms with Gasteiger partial charge in [-0.05, 0) is 89.9 Å². The number of aryl methyl sites for hydroxylation is 1. The van der Waals surface area contributed by atoms with E-state index in [-0.39, 0.29) is 11.9 Å². The van der Waals surface area contributed by atoms with Crippen LogP contribution in [-0.4, -0.2) is 23.0 Å². The molecule has 1 atom stereocenters. The maximum Gasteiger partial charge on any atom is 0.343 e. The summed E-state index contributed by atoms with van der Waals surface area (Å²) in [5.74, 6) is -0.707. The Morgan fingerprint density at radius 1 is 0.842 bits per heavy atom. The average molecular weight is 517 g/mol. The number of esters is 2. The summed E-state index contributed by atoms with van der Waals surface area (Å²) >= 11 is 0. The number of rotatable bonds is 12. The number of unbranched alkanes of at least 4 members (excludes halogenated alkanes) is 1. The van der Waals surface area contributed by atoms with Crippen molar-refractivity contribution >= 4 is 17.9 Å². The van der Waals surface area contributed by atoms with Crippen molar-refractivity contribution in [3.05, 3.63) is 82.9 Å². The van der Waals surface area contributed by atoms with Crippen LogP contribution >= 0.6 is 0 Å². The number of ether oxygens (including phenoxy) is 2. The predicted molar refractivity (Wildman–Crippen MR) is 148 cm³/mol. The van der Waals surface area contributed by atoms with Gasteiger partial charge in [-0.1, -0.05) is 58.7 Å². The molecule has 0 aliphatic rings. The first-order valence-electron chi connectivity index (χ1n) is 13.3. The maximum absolute atomic E-state index is 12.9.